The van der Waals surface area contributed by atoms with Gasteiger partial charge in [0, 0.05) is 26.2 Å². The second kappa shape index (κ2) is 23.2. The maximum atomic E-state index is 2.71. The third-order valence-electron chi connectivity index (χ3n) is 5.98. The summed E-state index contributed by atoms with van der Waals surface area (Å²) in [5.41, 5.74) is 0. The molecule has 2 nitrogen and oxygen atoms in total. The molecule has 0 amide bonds. The first-order valence-corrected chi connectivity index (χ1v) is 13.3. The smallest absolute Gasteiger partial charge is 0.0133 e. The Labute approximate surface area is 179 Å². The zero-order valence-corrected chi connectivity index (χ0v) is 20.5. The van der Waals surface area contributed by atoms with Crippen LogP contribution in [0.25, 0.3) is 0 Å². The second-order valence-corrected chi connectivity index (χ2v) is 8.86. The van der Waals surface area contributed by atoms with Crippen molar-refractivity contribution < 1.29 is 0 Å². The van der Waals surface area contributed by atoms with E-state index in [0.29, 0.717) is 0 Å². The minimum atomic E-state index is 1.26. The lowest BCUT2D eigenvalue weighted by Gasteiger charge is -2.35. The number of rotatable bonds is 23. The lowest BCUT2D eigenvalue weighted by Crippen LogP contribution is -2.45. The van der Waals surface area contributed by atoms with Crippen molar-refractivity contribution in [2.24, 2.45) is 0 Å². The number of unbranched alkanes of at least 4 members (excludes halogenated alkanes) is 14. The summed E-state index contributed by atoms with van der Waals surface area (Å²) in [6.45, 7) is 14.3. The van der Waals surface area contributed by atoms with Crippen LogP contribution in [0.3, 0.4) is 0 Å². The van der Waals surface area contributed by atoms with E-state index in [1.54, 1.807) is 0 Å². The Balaban J connectivity index is 3.88. The normalized spacial score (nSPS) is 11.8. The third-order valence-corrected chi connectivity index (χ3v) is 5.98. The van der Waals surface area contributed by atoms with Crippen molar-refractivity contribution in [3.05, 3.63) is 0 Å². The van der Waals surface area contributed by atoms with Gasteiger partial charge in [0.15, 0.2) is 0 Å². The Morgan fingerprint density at radius 1 is 0.286 bits per heavy atom. The first-order chi connectivity index (χ1) is 13.8. The lowest BCUT2D eigenvalue weighted by molar-refractivity contribution is -0.0299. The molecule has 0 unspecified atom stereocenters. The van der Waals surface area contributed by atoms with E-state index in [1.165, 1.54) is 142 Å². The molecule has 0 spiro atoms. The molecule has 0 atom stereocenters. The van der Waals surface area contributed by atoms with Crippen LogP contribution in [0.15, 0.2) is 0 Å². The van der Waals surface area contributed by atoms with Gasteiger partial charge in [-0.3, -0.25) is 0 Å². The van der Waals surface area contributed by atoms with Crippen LogP contribution < -0.4 is 0 Å². The molecule has 28 heavy (non-hydrogen) atoms. The zero-order valence-electron chi connectivity index (χ0n) is 20.5. The first-order valence-electron chi connectivity index (χ1n) is 13.3. The third kappa shape index (κ3) is 18.0. The predicted octanol–water partition coefficient (Wildman–Crippen LogP) is 8.61. The van der Waals surface area contributed by atoms with Crippen LogP contribution in [0.4, 0.5) is 0 Å². The molecule has 0 N–H and O–H groups in total. The average molecular weight is 397 g/mol. The number of nitrogens with zero attached hydrogens (tertiary/aromatic N) is 2. The number of hydrazine groups is 1. The average Bonchev–Trinajstić information content (AvgIpc) is 2.71. The topological polar surface area (TPSA) is 6.48 Å². The molecule has 0 heterocycles. The van der Waals surface area contributed by atoms with Crippen molar-refractivity contribution >= 4 is 0 Å². The van der Waals surface area contributed by atoms with E-state index < -0.39 is 0 Å². The molecule has 0 saturated heterocycles. The summed E-state index contributed by atoms with van der Waals surface area (Å²) in [5.74, 6) is 0. The van der Waals surface area contributed by atoms with Crippen LogP contribution in [0.1, 0.15) is 143 Å². The van der Waals surface area contributed by atoms with Gasteiger partial charge in [0.25, 0.3) is 0 Å². The fraction of sp³-hybridized carbons (Fsp3) is 1.00. The molecule has 0 radical (unpaired) electrons. The molecule has 0 aromatic heterocycles. The molecule has 0 aromatic carbocycles. The zero-order chi connectivity index (χ0) is 20.7. The van der Waals surface area contributed by atoms with Crippen molar-refractivity contribution in [2.45, 2.75) is 143 Å². The van der Waals surface area contributed by atoms with Gasteiger partial charge in [-0.2, -0.15) is 0 Å². The van der Waals surface area contributed by atoms with E-state index in [4.69, 9.17) is 0 Å². The van der Waals surface area contributed by atoms with E-state index >= 15 is 0 Å². The molecule has 0 rings (SSSR count). The molecule has 0 bridgehead atoms. The Morgan fingerprint density at radius 2 is 0.536 bits per heavy atom. The fourth-order valence-electron chi connectivity index (χ4n) is 3.95. The van der Waals surface area contributed by atoms with Gasteiger partial charge in [-0.25, -0.2) is 10.0 Å². The lowest BCUT2D eigenvalue weighted by atomic mass is 10.1. The molecule has 0 aliphatic heterocycles. The Morgan fingerprint density at radius 3 is 0.857 bits per heavy atom. The summed E-state index contributed by atoms with van der Waals surface area (Å²) >= 11 is 0. The highest BCUT2D eigenvalue weighted by atomic mass is 15.6. The van der Waals surface area contributed by atoms with Crippen molar-refractivity contribution in [1.29, 1.82) is 0 Å². The largest absolute Gasteiger partial charge is 0.242 e. The highest BCUT2D eigenvalue weighted by molar-refractivity contribution is 4.61. The van der Waals surface area contributed by atoms with Crippen LogP contribution in [0, 0.1) is 0 Å². The van der Waals surface area contributed by atoms with E-state index in [2.05, 4.69) is 37.7 Å². The summed E-state index contributed by atoms with van der Waals surface area (Å²) in [6.07, 6.45) is 25.3. The van der Waals surface area contributed by atoms with Gasteiger partial charge in [0.1, 0.15) is 0 Å². The van der Waals surface area contributed by atoms with E-state index in [-0.39, 0.29) is 0 Å². The van der Waals surface area contributed by atoms with Crippen molar-refractivity contribution in [2.75, 3.05) is 26.2 Å². The van der Waals surface area contributed by atoms with Crippen LogP contribution in [0.2, 0.25) is 0 Å². The Hall–Kier alpha value is -0.0800. The summed E-state index contributed by atoms with van der Waals surface area (Å²) in [6, 6.07) is 0. The van der Waals surface area contributed by atoms with Crippen LogP contribution in [-0.4, -0.2) is 36.2 Å². The molecular weight excluding hydrogens is 340 g/mol. The summed E-state index contributed by atoms with van der Waals surface area (Å²) < 4.78 is 0. The van der Waals surface area contributed by atoms with Gasteiger partial charge < -0.3 is 0 Å². The highest BCUT2D eigenvalue weighted by Crippen LogP contribution is 2.13. The molecule has 0 saturated carbocycles. The molecule has 2 heteroatoms. The molecule has 0 fully saturated rings. The van der Waals surface area contributed by atoms with E-state index in [0.717, 1.165) is 0 Å². The summed E-state index contributed by atoms with van der Waals surface area (Å²) in [5, 5.41) is 5.41. The van der Waals surface area contributed by atoms with E-state index in [9.17, 15) is 0 Å². The monoisotopic (exact) mass is 396 g/mol. The van der Waals surface area contributed by atoms with Gasteiger partial charge in [0.2, 0.25) is 0 Å². The molecule has 0 aromatic rings. The molecule has 0 aliphatic carbocycles. The van der Waals surface area contributed by atoms with Gasteiger partial charge in [-0.15, -0.1) is 0 Å². The highest BCUT2D eigenvalue weighted by Gasteiger charge is 2.13. The standard InChI is InChI=1S/C26H56N2/c1-5-9-13-14-15-16-17-18-19-20-21-22-26-28(25-12-8-4)27(23-10-6-2)24-11-7-3/h5-26H2,1-4H3. The molecular formula is C26H56N2. The van der Waals surface area contributed by atoms with Crippen LogP contribution >= 0.6 is 0 Å². The fourth-order valence-corrected chi connectivity index (χ4v) is 3.95. The maximum Gasteiger partial charge on any atom is 0.0133 e. The Kier molecular flexibility index (Phi) is 23.1. The molecule has 170 valence electrons. The van der Waals surface area contributed by atoms with Gasteiger partial charge >= 0.3 is 0 Å². The predicted molar refractivity (Wildman–Crippen MR) is 129 cm³/mol. The maximum absolute atomic E-state index is 2.71. The minimum absolute atomic E-state index is 1.26. The van der Waals surface area contributed by atoms with E-state index in [1.807, 2.05) is 0 Å². The van der Waals surface area contributed by atoms with Gasteiger partial charge in [-0.05, 0) is 25.7 Å². The van der Waals surface area contributed by atoms with Crippen LogP contribution in [0.5, 0.6) is 0 Å². The summed E-state index contributed by atoms with van der Waals surface area (Å²) in [7, 11) is 0. The second-order valence-electron chi connectivity index (χ2n) is 8.86. The van der Waals surface area contributed by atoms with Crippen molar-refractivity contribution in [3.8, 4) is 0 Å². The van der Waals surface area contributed by atoms with Crippen LogP contribution in [-0.2, 0) is 0 Å². The molecule has 0 aliphatic rings. The Bertz CT molecular complexity index is 272. The van der Waals surface area contributed by atoms with Crippen molar-refractivity contribution in [1.82, 2.24) is 10.0 Å². The summed E-state index contributed by atoms with van der Waals surface area (Å²) in [4.78, 5) is 0. The van der Waals surface area contributed by atoms with Gasteiger partial charge in [-0.1, -0.05) is 118 Å². The first kappa shape index (κ1) is 27.9. The minimum Gasteiger partial charge on any atom is -0.242 e. The van der Waals surface area contributed by atoms with Crippen molar-refractivity contribution in [3.63, 3.8) is 0 Å². The number of hydrogen-bond donors (Lipinski definition) is 0. The number of hydrogen-bond acceptors (Lipinski definition) is 2. The quantitative estimate of drug-likeness (QED) is 0.126. The van der Waals surface area contributed by atoms with Gasteiger partial charge in [0.05, 0.1) is 0 Å². The SMILES string of the molecule is CCCCCCCCCCCCCCN(CCCC)N(CCCC)CCCC.